The highest BCUT2D eigenvalue weighted by molar-refractivity contribution is 7.89. The Morgan fingerprint density at radius 3 is 2.52 bits per heavy atom. The van der Waals surface area contributed by atoms with Gasteiger partial charge in [0.15, 0.2) is 17.6 Å². The minimum atomic E-state index is -3.65. The molecule has 0 bridgehead atoms. The molecule has 2 N–H and O–H groups in total. The normalized spacial score (nSPS) is 18.9. The van der Waals surface area contributed by atoms with Crippen LogP contribution in [-0.4, -0.2) is 64.3 Å². The zero-order valence-electron chi connectivity index (χ0n) is 17.0. The van der Waals surface area contributed by atoms with Gasteiger partial charge in [-0.1, -0.05) is 30.3 Å². The third kappa shape index (κ3) is 5.09. The Hall–Kier alpha value is -2.82. The average molecular weight is 448 g/mol. The molecule has 10 heteroatoms. The number of amides is 2. The monoisotopic (exact) mass is 447 g/mol. The molecule has 4 rings (SSSR count). The molecule has 2 amide bonds. The molecule has 1 unspecified atom stereocenters. The summed E-state index contributed by atoms with van der Waals surface area (Å²) in [5, 5.41) is 5.46. The number of para-hydroxylation sites is 2. The van der Waals surface area contributed by atoms with Crippen LogP contribution in [-0.2, 0) is 21.3 Å². The van der Waals surface area contributed by atoms with Crippen molar-refractivity contribution in [1.29, 1.82) is 0 Å². The predicted molar refractivity (Wildman–Crippen MR) is 113 cm³/mol. The van der Waals surface area contributed by atoms with Gasteiger partial charge in [0, 0.05) is 19.6 Å². The number of nitrogens with zero attached hydrogens (tertiary/aromatic N) is 1. The fraction of sp³-hybridized carbons (Fsp3) is 0.381. The zero-order valence-corrected chi connectivity index (χ0v) is 17.8. The third-order valence-electron chi connectivity index (χ3n) is 5.06. The summed E-state index contributed by atoms with van der Waals surface area (Å²) in [6.07, 6.45) is -0.311. The summed E-state index contributed by atoms with van der Waals surface area (Å²) in [5.41, 5.74) is 0.523. The summed E-state index contributed by atoms with van der Waals surface area (Å²) in [6, 6.07) is 13.6. The molecule has 2 aromatic rings. The molecule has 2 aromatic carbocycles. The molecule has 0 spiro atoms. The van der Waals surface area contributed by atoms with Crippen LogP contribution in [0.4, 0.5) is 4.79 Å². The Morgan fingerprint density at radius 2 is 1.71 bits per heavy atom. The van der Waals surface area contributed by atoms with Gasteiger partial charge in [-0.05, 0) is 23.8 Å². The summed E-state index contributed by atoms with van der Waals surface area (Å²) in [6.45, 7) is 2.05. The summed E-state index contributed by atoms with van der Waals surface area (Å²) in [7, 11) is -3.65. The van der Waals surface area contributed by atoms with Gasteiger partial charge >= 0.3 is 6.03 Å². The molecule has 1 fully saturated rings. The Balaban J connectivity index is 1.32. The maximum Gasteiger partial charge on any atom is 0.315 e. The lowest BCUT2D eigenvalue weighted by molar-refractivity contribution is 0.0730. The quantitative estimate of drug-likeness (QED) is 0.692. The van der Waals surface area contributed by atoms with E-state index in [0.29, 0.717) is 50.0 Å². The van der Waals surface area contributed by atoms with Crippen LogP contribution in [0.1, 0.15) is 5.56 Å². The summed E-state index contributed by atoms with van der Waals surface area (Å²) in [4.78, 5) is 12.5. The Labute approximate surface area is 181 Å². The predicted octanol–water partition coefficient (Wildman–Crippen LogP) is 1.35. The summed E-state index contributed by atoms with van der Waals surface area (Å²) >= 11 is 0. The zero-order chi connectivity index (χ0) is 21.7. The first-order chi connectivity index (χ1) is 15.0. The van der Waals surface area contributed by atoms with E-state index in [1.54, 1.807) is 24.3 Å². The highest BCUT2D eigenvalue weighted by Gasteiger charge is 2.28. The number of benzene rings is 2. The first kappa shape index (κ1) is 21.4. The largest absolute Gasteiger partial charge is 0.486 e. The van der Waals surface area contributed by atoms with Gasteiger partial charge in [0.2, 0.25) is 10.0 Å². The number of hydrogen-bond acceptors (Lipinski definition) is 6. The van der Waals surface area contributed by atoms with Crippen LogP contribution in [0.15, 0.2) is 53.4 Å². The van der Waals surface area contributed by atoms with Gasteiger partial charge < -0.3 is 24.8 Å². The molecular formula is C21H25N3O6S. The lowest BCUT2D eigenvalue weighted by atomic mass is 10.2. The molecular weight excluding hydrogens is 422 g/mol. The van der Waals surface area contributed by atoms with E-state index in [-0.39, 0.29) is 24.1 Å². The van der Waals surface area contributed by atoms with E-state index in [1.807, 2.05) is 24.3 Å². The second-order valence-corrected chi connectivity index (χ2v) is 9.09. The molecule has 0 aliphatic carbocycles. The van der Waals surface area contributed by atoms with Gasteiger partial charge in [-0.2, -0.15) is 4.31 Å². The van der Waals surface area contributed by atoms with Gasteiger partial charge in [0.05, 0.1) is 24.7 Å². The van der Waals surface area contributed by atoms with Crippen molar-refractivity contribution >= 4 is 16.1 Å². The second-order valence-electron chi connectivity index (χ2n) is 7.19. The molecule has 1 saturated heterocycles. The fourth-order valence-corrected chi connectivity index (χ4v) is 5.07. The third-order valence-corrected chi connectivity index (χ3v) is 7.06. The van der Waals surface area contributed by atoms with Crippen molar-refractivity contribution in [3.05, 3.63) is 54.1 Å². The standard InChI is InChI=1S/C21H25N3O6S/c25-21(23-14-17-15-29-18-6-2-3-7-19(18)30-17)22-13-16-5-1-4-8-20(16)31(26,27)24-9-11-28-12-10-24/h1-8,17H,9-15H2,(H2,22,23,25). The SMILES string of the molecule is O=C(NCc1ccccc1S(=O)(=O)N1CCOCC1)NCC1COc2ccccc2O1. The molecule has 166 valence electrons. The number of sulfonamides is 1. The molecule has 31 heavy (non-hydrogen) atoms. The van der Waals surface area contributed by atoms with Crippen LogP contribution in [0.5, 0.6) is 11.5 Å². The molecule has 0 radical (unpaired) electrons. The molecule has 0 aromatic heterocycles. The summed E-state index contributed by atoms with van der Waals surface area (Å²) in [5.74, 6) is 1.32. The van der Waals surface area contributed by atoms with E-state index in [2.05, 4.69) is 10.6 Å². The Bertz CT molecular complexity index is 1020. The van der Waals surface area contributed by atoms with Crippen LogP contribution in [0.25, 0.3) is 0 Å². The smallest absolute Gasteiger partial charge is 0.315 e. The van der Waals surface area contributed by atoms with E-state index in [9.17, 15) is 13.2 Å². The van der Waals surface area contributed by atoms with Crippen LogP contribution in [0.3, 0.4) is 0 Å². The second kappa shape index (κ2) is 9.54. The summed E-state index contributed by atoms with van der Waals surface area (Å²) < 4.78 is 44.1. The molecule has 2 aliphatic heterocycles. The Kier molecular flexibility index (Phi) is 6.59. The average Bonchev–Trinajstić information content (AvgIpc) is 2.82. The van der Waals surface area contributed by atoms with E-state index in [4.69, 9.17) is 14.2 Å². The molecule has 0 saturated carbocycles. The molecule has 9 nitrogen and oxygen atoms in total. The van der Waals surface area contributed by atoms with Crippen LogP contribution >= 0.6 is 0 Å². The number of morpholine rings is 1. The first-order valence-corrected chi connectivity index (χ1v) is 11.5. The van der Waals surface area contributed by atoms with Gasteiger partial charge in [-0.25, -0.2) is 13.2 Å². The molecule has 1 atom stereocenters. The van der Waals surface area contributed by atoms with Gasteiger partial charge in [-0.3, -0.25) is 0 Å². The van der Waals surface area contributed by atoms with Crippen molar-refractivity contribution in [1.82, 2.24) is 14.9 Å². The van der Waals surface area contributed by atoms with Crippen molar-refractivity contribution in [2.45, 2.75) is 17.5 Å². The number of carbonyl (C=O) groups is 1. The van der Waals surface area contributed by atoms with Gasteiger partial charge in [0.1, 0.15) is 6.61 Å². The molecule has 2 aliphatic rings. The topological polar surface area (TPSA) is 106 Å². The van der Waals surface area contributed by atoms with Crippen molar-refractivity contribution in [3.63, 3.8) is 0 Å². The van der Waals surface area contributed by atoms with Crippen molar-refractivity contribution < 1.29 is 27.4 Å². The number of rotatable bonds is 6. The lowest BCUT2D eigenvalue weighted by Gasteiger charge is -2.27. The van der Waals surface area contributed by atoms with E-state index >= 15 is 0 Å². The Morgan fingerprint density at radius 1 is 1.00 bits per heavy atom. The first-order valence-electron chi connectivity index (χ1n) is 10.1. The van der Waals surface area contributed by atoms with Crippen molar-refractivity contribution in [2.24, 2.45) is 0 Å². The van der Waals surface area contributed by atoms with Crippen LogP contribution < -0.4 is 20.1 Å². The van der Waals surface area contributed by atoms with E-state index < -0.39 is 16.1 Å². The van der Waals surface area contributed by atoms with Crippen molar-refractivity contribution in [2.75, 3.05) is 39.5 Å². The fourth-order valence-electron chi connectivity index (χ4n) is 3.44. The highest BCUT2D eigenvalue weighted by Crippen LogP contribution is 2.30. The number of fused-ring (bicyclic) bond motifs is 1. The van der Waals surface area contributed by atoms with Gasteiger partial charge in [-0.15, -0.1) is 0 Å². The highest BCUT2D eigenvalue weighted by atomic mass is 32.2. The number of hydrogen-bond donors (Lipinski definition) is 2. The van der Waals surface area contributed by atoms with E-state index in [0.717, 1.165) is 0 Å². The number of urea groups is 1. The van der Waals surface area contributed by atoms with Gasteiger partial charge in [0.25, 0.3) is 0 Å². The number of nitrogens with one attached hydrogen (secondary N) is 2. The van der Waals surface area contributed by atoms with Crippen LogP contribution in [0, 0.1) is 0 Å². The maximum absolute atomic E-state index is 13.0. The number of ether oxygens (including phenoxy) is 3. The maximum atomic E-state index is 13.0. The molecule has 2 heterocycles. The van der Waals surface area contributed by atoms with E-state index in [1.165, 1.54) is 4.31 Å². The van der Waals surface area contributed by atoms with Crippen LogP contribution in [0.2, 0.25) is 0 Å². The minimum absolute atomic E-state index is 0.0798. The van der Waals surface area contributed by atoms with Crippen molar-refractivity contribution in [3.8, 4) is 11.5 Å². The minimum Gasteiger partial charge on any atom is -0.486 e. The lowest BCUT2D eigenvalue weighted by Crippen LogP contribution is -2.44. The number of carbonyl (C=O) groups excluding carboxylic acids is 1.